The molecule has 0 fully saturated rings. The minimum atomic E-state index is -0.926. The third kappa shape index (κ3) is 4.19. The predicted octanol–water partition coefficient (Wildman–Crippen LogP) is 2.45. The van der Waals surface area contributed by atoms with Crippen LogP contribution < -0.4 is 34.4 Å². The molecule has 1 atom stereocenters. The van der Waals surface area contributed by atoms with Crippen molar-refractivity contribution in [3.63, 3.8) is 0 Å². The highest BCUT2D eigenvalue weighted by Gasteiger charge is 2.36. The molecule has 2 aromatic carbocycles. The van der Waals surface area contributed by atoms with Gasteiger partial charge in [-0.15, -0.1) is 0 Å². The average molecular weight is 550 g/mol. The Morgan fingerprint density at radius 2 is 1.74 bits per heavy atom. The van der Waals surface area contributed by atoms with Crippen molar-refractivity contribution in [3.05, 3.63) is 78.0 Å². The van der Waals surface area contributed by atoms with Gasteiger partial charge < -0.3 is 24.3 Å². The van der Waals surface area contributed by atoms with Gasteiger partial charge in [-0.05, 0) is 50.6 Å². The number of methoxy groups -OCH3 is 3. The molecule has 0 bridgehead atoms. The van der Waals surface area contributed by atoms with Crippen molar-refractivity contribution in [2.75, 3.05) is 33.3 Å². The van der Waals surface area contributed by atoms with Crippen LogP contribution in [0.1, 0.15) is 36.6 Å². The van der Waals surface area contributed by atoms with E-state index in [0.717, 1.165) is 16.9 Å². The summed E-state index contributed by atoms with van der Waals surface area (Å²) in [6.07, 6.45) is 0. The standard InChI is InChI=1S/C28H27N3O7S/c1-7-38-27(34)20-14(3)29-28-31(22(20)15-11-18(35-4)23(37-6)19(12-15)36-5)26(33)24(39-28)21-16-10-13(2)8-9-17(16)30-25(21)32/h8-12,22H,7H2,1-6H3,(H,30,32)/b24-21-/t22-/m0/s1. The fourth-order valence-corrected chi connectivity index (χ4v) is 6.07. The van der Waals surface area contributed by atoms with E-state index in [9.17, 15) is 14.4 Å². The van der Waals surface area contributed by atoms with Gasteiger partial charge in [-0.2, -0.15) is 0 Å². The quantitative estimate of drug-likeness (QED) is 0.470. The minimum Gasteiger partial charge on any atom is -0.493 e. The van der Waals surface area contributed by atoms with Crippen LogP contribution >= 0.6 is 11.3 Å². The van der Waals surface area contributed by atoms with Crippen LogP contribution in [0.25, 0.3) is 5.57 Å². The van der Waals surface area contributed by atoms with Gasteiger partial charge in [0.25, 0.3) is 11.5 Å². The van der Waals surface area contributed by atoms with Crippen molar-refractivity contribution < 1.29 is 28.5 Å². The van der Waals surface area contributed by atoms with E-state index in [1.165, 1.54) is 25.9 Å². The van der Waals surface area contributed by atoms with Crippen molar-refractivity contribution in [2.24, 2.45) is 4.99 Å². The number of carbonyl (C=O) groups excluding carboxylic acids is 2. The number of thiazole rings is 1. The van der Waals surface area contributed by atoms with Crippen LogP contribution in [0.4, 0.5) is 5.69 Å². The van der Waals surface area contributed by atoms with E-state index in [4.69, 9.17) is 18.9 Å². The summed E-state index contributed by atoms with van der Waals surface area (Å²) in [4.78, 5) is 45.4. The number of hydrogen-bond acceptors (Lipinski definition) is 9. The minimum absolute atomic E-state index is 0.141. The average Bonchev–Trinajstić information content (AvgIpc) is 3.41. The van der Waals surface area contributed by atoms with E-state index in [1.807, 2.05) is 25.1 Å². The molecule has 0 spiro atoms. The molecule has 10 nitrogen and oxygen atoms in total. The summed E-state index contributed by atoms with van der Waals surface area (Å²) in [6, 6.07) is 8.02. The Kier molecular flexibility index (Phi) is 6.77. The lowest BCUT2D eigenvalue weighted by molar-refractivity contribution is -0.139. The van der Waals surface area contributed by atoms with Crippen molar-refractivity contribution in [1.82, 2.24) is 4.57 Å². The highest BCUT2D eigenvalue weighted by atomic mass is 32.1. The maximum Gasteiger partial charge on any atom is 0.338 e. The molecule has 0 unspecified atom stereocenters. The summed E-state index contributed by atoms with van der Waals surface area (Å²) in [5, 5.41) is 2.84. The Balaban J connectivity index is 1.85. The van der Waals surface area contributed by atoms with Crippen LogP contribution in [-0.2, 0) is 14.3 Å². The van der Waals surface area contributed by atoms with E-state index in [2.05, 4.69) is 10.3 Å². The van der Waals surface area contributed by atoms with Crippen LogP contribution in [0.3, 0.4) is 0 Å². The maximum absolute atomic E-state index is 14.1. The zero-order chi connectivity index (χ0) is 28.0. The van der Waals surface area contributed by atoms with Gasteiger partial charge in [0.2, 0.25) is 5.75 Å². The van der Waals surface area contributed by atoms with Crippen LogP contribution in [0.2, 0.25) is 0 Å². The molecule has 1 amide bonds. The number of hydrogen-bond donors (Lipinski definition) is 1. The first-order chi connectivity index (χ1) is 18.7. The summed E-state index contributed by atoms with van der Waals surface area (Å²) >= 11 is 1.10. The molecule has 2 aliphatic heterocycles. The predicted molar refractivity (Wildman–Crippen MR) is 145 cm³/mol. The first-order valence-corrected chi connectivity index (χ1v) is 13.0. The topological polar surface area (TPSA) is 117 Å². The summed E-state index contributed by atoms with van der Waals surface area (Å²) in [5.41, 5.74) is 3.18. The van der Waals surface area contributed by atoms with Crippen LogP contribution in [0.15, 0.2) is 51.4 Å². The maximum atomic E-state index is 14.1. The van der Waals surface area contributed by atoms with Crippen molar-refractivity contribution in [3.8, 4) is 17.2 Å². The zero-order valence-electron chi connectivity index (χ0n) is 22.3. The third-order valence-corrected chi connectivity index (χ3v) is 7.70. The second-order valence-electron chi connectivity index (χ2n) is 8.96. The summed E-state index contributed by atoms with van der Waals surface area (Å²) in [7, 11) is 4.46. The number of aryl methyl sites for hydroxylation is 1. The number of benzene rings is 2. The molecule has 0 aliphatic carbocycles. The van der Waals surface area contributed by atoms with Crippen LogP contribution in [0.5, 0.6) is 17.2 Å². The number of nitrogens with zero attached hydrogens (tertiary/aromatic N) is 2. The molecule has 3 aromatic rings. The van der Waals surface area contributed by atoms with Crippen LogP contribution in [0, 0.1) is 6.92 Å². The Labute approximate surface area is 227 Å². The number of aromatic nitrogens is 1. The molecule has 2 aliphatic rings. The Morgan fingerprint density at radius 3 is 2.36 bits per heavy atom. The Hall–Kier alpha value is -4.38. The number of esters is 1. The second kappa shape index (κ2) is 10.1. The number of carbonyl (C=O) groups is 2. The highest BCUT2D eigenvalue weighted by molar-refractivity contribution is 7.07. The lowest BCUT2D eigenvalue weighted by atomic mass is 9.95. The summed E-state index contributed by atoms with van der Waals surface area (Å²) in [6.45, 7) is 5.46. The molecular formula is C28H27N3O7S. The lowest BCUT2D eigenvalue weighted by Gasteiger charge is -2.26. The van der Waals surface area contributed by atoms with Crippen molar-refractivity contribution in [1.29, 1.82) is 0 Å². The molecule has 1 aromatic heterocycles. The van der Waals surface area contributed by atoms with E-state index < -0.39 is 17.6 Å². The normalized spacial score (nSPS) is 17.2. The highest BCUT2D eigenvalue weighted by Crippen LogP contribution is 2.42. The number of ether oxygens (including phenoxy) is 4. The van der Waals surface area contributed by atoms with E-state index in [-0.39, 0.29) is 28.2 Å². The van der Waals surface area contributed by atoms with E-state index >= 15 is 0 Å². The van der Waals surface area contributed by atoms with E-state index in [1.54, 1.807) is 26.0 Å². The van der Waals surface area contributed by atoms with Crippen molar-refractivity contribution >= 4 is 34.5 Å². The van der Waals surface area contributed by atoms with Gasteiger partial charge in [-0.3, -0.25) is 14.2 Å². The number of fused-ring (bicyclic) bond motifs is 2. The monoisotopic (exact) mass is 549 g/mol. The molecule has 3 heterocycles. The molecule has 0 radical (unpaired) electrons. The fraction of sp³-hybridized carbons (Fsp3) is 0.286. The molecule has 202 valence electrons. The molecule has 0 saturated heterocycles. The molecule has 39 heavy (non-hydrogen) atoms. The first-order valence-electron chi connectivity index (χ1n) is 12.2. The van der Waals surface area contributed by atoms with Gasteiger partial charge in [0.1, 0.15) is 4.53 Å². The van der Waals surface area contributed by atoms with Crippen molar-refractivity contribution in [2.45, 2.75) is 26.8 Å². The largest absolute Gasteiger partial charge is 0.493 e. The number of anilines is 1. The number of rotatable bonds is 6. The Morgan fingerprint density at radius 1 is 1.05 bits per heavy atom. The van der Waals surface area contributed by atoms with Gasteiger partial charge in [-0.25, -0.2) is 9.79 Å². The van der Waals surface area contributed by atoms with Gasteiger partial charge in [0.05, 0.1) is 50.8 Å². The summed E-state index contributed by atoms with van der Waals surface area (Å²) in [5.74, 6) is 0.108. The van der Waals surface area contributed by atoms with Crippen LogP contribution in [-0.4, -0.2) is 44.4 Å². The van der Waals surface area contributed by atoms with Gasteiger partial charge in [0.15, 0.2) is 16.3 Å². The lowest BCUT2D eigenvalue weighted by Crippen LogP contribution is -2.40. The molecule has 0 saturated carbocycles. The first kappa shape index (κ1) is 26.2. The summed E-state index contributed by atoms with van der Waals surface area (Å²) < 4.78 is 23.6. The second-order valence-corrected chi connectivity index (χ2v) is 9.94. The smallest absolute Gasteiger partial charge is 0.338 e. The fourth-order valence-electron chi connectivity index (χ4n) is 4.92. The number of nitrogens with one attached hydrogen (secondary N) is 1. The number of allylic oxidation sites excluding steroid dienone is 1. The van der Waals surface area contributed by atoms with Gasteiger partial charge >= 0.3 is 5.97 Å². The van der Waals surface area contributed by atoms with E-state index in [0.29, 0.717) is 44.6 Å². The number of amides is 1. The molecule has 1 N–H and O–H groups in total. The van der Waals surface area contributed by atoms with Gasteiger partial charge in [0, 0.05) is 11.3 Å². The Bertz CT molecular complexity index is 1720. The molecule has 5 rings (SSSR count). The third-order valence-electron chi connectivity index (χ3n) is 6.64. The molecular weight excluding hydrogens is 522 g/mol. The zero-order valence-corrected chi connectivity index (χ0v) is 23.1. The SMILES string of the molecule is CCOC(=O)C1=C(C)N=c2s/c(=C3\C(=O)Nc4ccc(C)cc43)c(=O)n2[C@H]1c1cc(OC)c(OC)c(OC)c1. The van der Waals surface area contributed by atoms with Gasteiger partial charge in [-0.1, -0.05) is 23.0 Å². The molecule has 11 heteroatoms.